The summed E-state index contributed by atoms with van der Waals surface area (Å²) >= 11 is 0. The fourth-order valence-corrected chi connectivity index (χ4v) is 2.56. The highest BCUT2D eigenvalue weighted by molar-refractivity contribution is 5.64. The Hall–Kier alpha value is -2.45. The molecule has 1 unspecified atom stereocenters. The molecule has 0 radical (unpaired) electrons. The van der Waals surface area contributed by atoms with Crippen LogP contribution < -0.4 is 0 Å². The molecule has 3 rings (SSSR count). The number of hydrogen-bond donors (Lipinski definition) is 1. The number of halogens is 1. The summed E-state index contributed by atoms with van der Waals surface area (Å²) in [7, 11) is 0. The van der Waals surface area contributed by atoms with Crippen LogP contribution in [0.15, 0.2) is 78.9 Å². The van der Waals surface area contributed by atoms with E-state index >= 15 is 0 Å². The van der Waals surface area contributed by atoms with Gasteiger partial charge in [-0.1, -0.05) is 66.7 Å². The first-order valence-electron chi connectivity index (χ1n) is 7.31. The highest BCUT2D eigenvalue weighted by Crippen LogP contribution is 2.27. The molecule has 22 heavy (non-hydrogen) atoms. The number of hydrogen-bond acceptors (Lipinski definition) is 1. The maximum absolute atomic E-state index is 14.1. The summed E-state index contributed by atoms with van der Waals surface area (Å²) < 4.78 is 14.1. The van der Waals surface area contributed by atoms with E-state index in [1.807, 2.05) is 60.7 Å². The molecule has 1 nitrogen and oxygen atoms in total. The van der Waals surface area contributed by atoms with Gasteiger partial charge in [0.25, 0.3) is 0 Å². The molecular weight excluding hydrogens is 275 g/mol. The standard InChI is InChI=1S/C20H17FO/c21-19-12-11-17(16-9-5-2-6-10-16)14-18(19)20(22)13-15-7-3-1-4-8-15/h1-12,14,20,22H,13H2. The van der Waals surface area contributed by atoms with Crippen molar-refractivity contribution in [2.75, 3.05) is 0 Å². The van der Waals surface area contributed by atoms with E-state index in [0.717, 1.165) is 16.7 Å². The van der Waals surface area contributed by atoms with Gasteiger partial charge >= 0.3 is 0 Å². The predicted octanol–water partition coefficient (Wildman–Crippen LogP) is 4.77. The van der Waals surface area contributed by atoms with Gasteiger partial charge in [-0.05, 0) is 28.8 Å². The van der Waals surface area contributed by atoms with Crippen molar-refractivity contribution in [1.82, 2.24) is 0 Å². The second-order valence-corrected chi connectivity index (χ2v) is 5.31. The number of benzene rings is 3. The monoisotopic (exact) mass is 292 g/mol. The number of aliphatic hydroxyl groups excluding tert-OH is 1. The average molecular weight is 292 g/mol. The zero-order valence-corrected chi connectivity index (χ0v) is 12.1. The van der Waals surface area contributed by atoms with E-state index in [1.54, 1.807) is 12.1 Å². The van der Waals surface area contributed by atoms with Gasteiger partial charge < -0.3 is 5.11 Å². The van der Waals surface area contributed by atoms with Gasteiger partial charge in [0.15, 0.2) is 0 Å². The molecule has 0 fully saturated rings. The molecule has 0 saturated carbocycles. The molecule has 110 valence electrons. The Morgan fingerprint density at radius 3 is 2.09 bits per heavy atom. The summed E-state index contributed by atoms with van der Waals surface area (Å²) in [6.45, 7) is 0. The average Bonchev–Trinajstić information content (AvgIpc) is 2.57. The molecule has 3 aromatic carbocycles. The molecule has 3 aromatic rings. The molecule has 0 aliphatic heterocycles. The van der Waals surface area contributed by atoms with Gasteiger partial charge in [0.2, 0.25) is 0 Å². The SMILES string of the molecule is OC(Cc1ccccc1)c1cc(-c2ccccc2)ccc1F. The second kappa shape index (κ2) is 6.54. The van der Waals surface area contributed by atoms with Crippen molar-refractivity contribution in [3.8, 4) is 11.1 Å². The van der Waals surface area contributed by atoms with Crippen molar-refractivity contribution in [2.24, 2.45) is 0 Å². The molecule has 0 aliphatic rings. The van der Waals surface area contributed by atoms with Crippen molar-refractivity contribution < 1.29 is 9.50 Å². The maximum Gasteiger partial charge on any atom is 0.129 e. The minimum Gasteiger partial charge on any atom is -0.388 e. The van der Waals surface area contributed by atoms with Gasteiger partial charge in [-0.15, -0.1) is 0 Å². The lowest BCUT2D eigenvalue weighted by Crippen LogP contribution is -2.04. The number of aliphatic hydroxyl groups is 1. The van der Waals surface area contributed by atoms with Crippen LogP contribution in [0.1, 0.15) is 17.2 Å². The van der Waals surface area contributed by atoms with Gasteiger partial charge in [0, 0.05) is 12.0 Å². The van der Waals surface area contributed by atoms with Crippen LogP contribution in [0.3, 0.4) is 0 Å². The van der Waals surface area contributed by atoms with Crippen LogP contribution in [-0.4, -0.2) is 5.11 Å². The molecule has 0 heterocycles. The Balaban J connectivity index is 1.90. The highest BCUT2D eigenvalue weighted by atomic mass is 19.1. The van der Waals surface area contributed by atoms with E-state index < -0.39 is 6.10 Å². The van der Waals surface area contributed by atoms with Crippen molar-refractivity contribution in [2.45, 2.75) is 12.5 Å². The first kappa shape index (κ1) is 14.5. The molecule has 0 saturated heterocycles. The van der Waals surface area contributed by atoms with Crippen LogP contribution in [0.4, 0.5) is 4.39 Å². The third kappa shape index (κ3) is 3.23. The molecule has 1 atom stereocenters. The van der Waals surface area contributed by atoms with Gasteiger partial charge in [-0.25, -0.2) is 4.39 Å². The fourth-order valence-electron chi connectivity index (χ4n) is 2.56. The molecule has 0 aromatic heterocycles. The Morgan fingerprint density at radius 2 is 1.41 bits per heavy atom. The lowest BCUT2D eigenvalue weighted by molar-refractivity contribution is 0.173. The lowest BCUT2D eigenvalue weighted by atomic mass is 9.97. The van der Waals surface area contributed by atoms with E-state index in [1.165, 1.54) is 6.07 Å². The lowest BCUT2D eigenvalue weighted by Gasteiger charge is -2.14. The topological polar surface area (TPSA) is 20.2 Å². The summed E-state index contributed by atoms with van der Waals surface area (Å²) in [5.74, 6) is -0.372. The minimum absolute atomic E-state index is 0.338. The molecular formula is C20H17FO. The maximum atomic E-state index is 14.1. The first-order chi connectivity index (χ1) is 10.7. The molecule has 0 amide bonds. The van der Waals surface area contributed by atoms with Crippen LogP contribution in [0.5, 0.6) is 0 Å². The molecule has 1 N–H and O–H groups in total. The van der Waals surface area contributed by atoms with Crippen molar-refractivity contribution in [3.05, 3.63) is 95.8 Å². The zero-order valence-electron chi connectivity index (χ0n) is 12.1. The Bertz CT molecular complexity index is 738. The van der Waals surface area contributed by atoms with E-state index in [-0.39, 0.29) is 5.82 Å². The largest absolute Gasteiger partial charge is 0.388 e. The van der Waals surface area contributed by atoms with E-state index in [9.17, 15) is 9.50 Å². The normalized spacial score (nSPS) is 12.1. The van der Waals surface area contributed by atoms with Gasteiger partial charge in [0.1, 0.15) is 5.82 Å². The van der Waals surface area contributed by atoms with Gasteiger partial charge in [0.05, 0.1) is 6.10 Å². The third-order valence-corrected chi connectivity index (χ3v) is 3.73. The summed E-state index contributed by atoms with van der Waals surface area (Å²) in [5, 5.41) is 10.4. The van der Waals surface area contributed by atoms with Crippen LogP contribution >= 0.6 is 0 Å². The van der Waals surface area contributed by atoms with Crippen molar-refractivity contribution in [3.63, 3.8) is 0 Å². The zero-order chi connectivity index (χ0) is 15.4. The predicted molar refractivity (Wildman–Crippen MR) is 86.9 cm³/mol. The van der Waals surface area contributed by atoms with E-state index in [2.05, 4.69) is 0 Å². The molecule has 0 bridgehead atoms. The Labute approximate surface area is 129 Å². The molecule has 0 spiro atoms. The van der Waals surface area contributed by atoms with Crippen LogP contribution in [0.2, 0.25) is 0 Å². The second-order valence-electron chi connectivity index (χ2n) is 5.31. The van der Waals surface area contributed by atoms with Crippen LogP contribution in [-0.2, 0) is 6.42 Å². The van der Waals surface area contributed by atoms with Crippen LogP contribution in [0.25, 0.3) is 11.1 Å². The summed E-state index contributed by atoms with van der Waals surface area (Å²) in [4.78, 5) is 0. The smallest absolute Gasteiger partial charge is 0.129 e. The summed E-state index contributed by atoms with van der Waals surface area (Å²) in [6, 6.07) is 24.3. The summed E-state index contributed by atoms with van der Waals surface area (Å²) in [5.41, 5.74) is 3.24. The Kier molecular flexibility index (Phi) is 4.31. The summed E-state index contributed by atoms with van der Waals surface area (Å²) in [6.07, 6.45) is -0.457. The fraction of sp³-hybridized carbons (Fsp3) is 0.100. The quantitative estimate of drug-likeness (QED) is 0.734. The van der Waals surface area contributed by atoms with Gasteiger partial charge in [-0.3, -0.25) is 0 Å². The van der Waals surface area contributed by atoms with Crippen molar-refractivity contribution >= 4 is 0 Å². The van der Waals surface area contributed by atoms with E-state index in [4.69, 9.17) is 0 Å². The molecule has 0 aliphatic carbocycles. The minimum atomic E-state index is -0.855. The molecule has 2 heteroatoms. The first-order valence-corrected chi connectivity index (χ1v) is 7.31. The Morgan fingerprint density at radius 1 is 0.773 bits per heavy atom. The third-order valence-electron chi connectivity index (χ3n) is 3.73. The van der Waals surface area contributed by atoms with Crippen molar-refractivity contribution in [1.29, 1.82) is 0 Å². The van der Waals surface area contributed by atoms with Gasteiger partial charge in [-0.2, -0.15) is 0 Å². The van der Waals surface area contributed by atoms with Crippen LogP contribution in [0, 0.1) is 5.82 Å². The number of rotatable bonds is 4. The van der Waals surface area contributed by atoms with E-state index in [0.29, 0.717) is 12.0 Å². The highest BCUT2D eigenvalue weighted by Gasteiger charge is 2.14.